The second-order valence-electron chi connectivity index (χ2n) is 10.2. The molecule has 2 amide bonds. The summed E-state index contributed by atoms with van der Waals surface area (Å²) in [6.45, 7) is 3.05. The van der Waals surface area contributed by atoms with Gasteiger partial charge in [0.05, 0.1) is 10.6 Å². The molecule has 0 bridgehead atoms. The van der Waals surface area contributed by atoms with Crippen LogP contribution in [0.15, 0.2) is 102 Å². The zero-order valence-corrected chi connectivity index (χ0v) is 26.5. The van der Waals surface area contributed by atoms with Gasteiger partial charge in [-0.3, -0.25) is 13.9 Å². The van der Waals surface area contributed by atoms with Crippen LogP contribution in [-0.2, 0) is 32.6 Å². The molecular formula is C33H33Cl2N3O4S. The minimum Gasteiger partial charge on any atom is -0.357 e. The first kappa shape index (κ1) is 32.1. The lowest BCUT2D eigenvalue weighted by Gasteiger charge is -2.34. The van der Waals surface area contributed by atoms with E-state index in [1.54, 1.807) is 49.4 Å². The van der Waals surface area contributed by atoms with Crippen molar-refractivity contribution in [2.24, 2.45) is 0 Å². The van der Waals surface area contributed by atoms with E-state index in [2.05, 4.69) is 5.32 Å². The first-order chi connectivity index (χ1) is 20.5. The van der Waals surface area contributed by atoms with Crippen molar-refractivity contribution in [1.82, 2.24) is 10.2 Å². The van der Waals surface area contributed by atoms with Gasteiger partial charge in [-0.1, -0.05) is 89.9 Å². The number of benzene rings is 4. The molecule has 0 aromatic heterocycles. The summed E-state index contributed by atoms with van der Waals surface area (Å²) in [6, 6.07) is 26.7. The van der Waals surface area contributed by atoms with Gasteiger partial charge in [0.15, 0.2) is 0 Å². The summed E-state index contributed by atoms with van der Waals surface area (Å²) in [5, 5.41) is 3.42. The van der Waals surface area contributed by atoms with Crippen molar-refractivity contribution in [2.75, 3.05) is 17.9 Å². The van der Waals surface area contributed by atoms with E-state index in [1.165, 1.54) is 24.1 Å². The number of nitrogens with zero attached hydrogens (tertiary/aromatic N) is 2. The molecule has 0 unspecified atom stereocenters. The van der Waals surface area contributed by atoms with Gasteiger partial charge < -0.3 is 10.2 Å². The Labute approximate surface area is 263 Å². The van der Waals surface area contributed by atoms with Crippen LogP contribution in [0.25, 0.3) is 0 Å². The van der Waals surface area contributed by atoms with Crippen LogP contribution in [0, 0.1) is 13.8 Å². The predicted molar refractivity (Wildman–Crippen MR) is 172 cm³/mol. The fraction of sp³-hybridized carbons (Fsp3) is 0.212. The Bertz CT molecular complexity index is 1700. The molecule has 4 rings (SSSR count). The highest BCUT2D eigenvalue weighted by Gasteiger charge is 2.35. The number of aryl methyl sites for hydroxylation is 2. The molecule has 7 nitrogen and oxygen atoms in total. The lowest BCUT2D eigenvalue weighted by Crippen LogP contribution is -2.53. The van der Waals surface area contributed by atoms with Crippen molar-refractivity contribution in [1.29, 1.82) is 0 Å². The van der Waals surface area contributed by atoms with Crippen molar-refractivity contribution >= 4 is 50.7 Å². The Morgan fingerprint density at radius 3 is 2.14 bits per heavy atom. The smallest absolute Gasteiger partial charge is 0.264 e. The predicted octanol–water partition coefficient (Wildman–Crippen LogP) is 6.19. The summed E-state index contributed by atoms with van der Waals surface area (Å²) >= 11 is 12.6. The van der Waals surface area contributed by atoms with Crippen LogP contribution in [0.2, 0.25) is 10.0 Å². The van der Waals surface area contributed by atoms with Crippen LogP contribution >= 0.6 is 23.2 Å². The Kier molecular flexibility index (Phi) is 10.5. The summed E-state index contributed by atoms with van der Waals surface area (Å²) in [6.07, 6.45) is 0.201. The zero-order chi connectivity index (χ0) is 31.1. The largest absolute Gasteiger partial charge is 0.357 e. The molecule has 10 heteroatoms. The molecule has 0 spiro atoms. The fourth-order valence-electron chi connectivity index (χ4n) is 4.78. The topological polar surface area (TPSA) is 86.8 Å². The van der Waals surface area contributed by atoms with Gasteiger partial charge in [-0.25, -0.2) is 8.42 Å². The van der Waals surface area contributed by atoms with Crippen molar-refractivity contribution in [3.8, 4) is 0 Å². The second kappa shape index (κ2) is 14.1. The highest BCUT2D eigenvalue weighted by atomic mass is 35.5. The van der Waals surface area contributed by atoms with Crippen molar-refractivity contribution in [3.63, 3.8) is 0 Å². The number of hydrogen-bond acceptors (Lipinski definition) is 4. The average Bonchev–Trinajstić information content (AvgIpc) is 3.00. The van der Waals surface area contributed by atoms with E-state index >= 15 is 0 Å². The third-order valence-electron chi connectivity index (χ3n) is 7.12. The number of anilines is 1. The summed E-state index contributed by atoms with van der Waals surface area (Å²) in [4.78, 5) is 29.2. The monoisotopic (exact) mass is 637 g/mol. The molecule has 1 atom stereocenters. The Morgan fingerprint density at radius 2 is 1.51 bits per heavy atom. The van der Waals surface area contributed by atoms with Crippen molar-refractivity contribution in [2.45, 2.75) is 37.8 Å². The molecule has 4 aromatic rings. The molecule has 0 aliphatic carbocycles. The lowest BCUT2D eigenvalue weighted by atomic mass is 10.0. The first-order valence-electron chi connectivity index (χ1n) is 13.6. The van der Waals surface area contributed by atoms with E-state index in [4.69, 9.17) is 23.2 Å². The SMILES string of the molecule is CNC(=O)[C@H](Cc1ccccc1)N(Cc1ccc(Cl)cc1Cl)C(=O)CN(c1cc(C)ccc1C)S(=O)(=O)c1ccccc1. The van der Waals surface area contributed by atoms with E-state index in [0.717, 1.165) is 15.4 Å². The number of halogens is 2. The highest BCUT2D eigenvalue weighted by molar-refractivity contribution is 7.92. The van der Waals surface area contributed by atoms with Crippen LogP contribution in [0.3, 0.4) is 0 Å². The fourth-order valence-corrected chi connectivity index (χ4v) is 6.73. The van der Waals surface area contributed by atoms with Crippen LogP contribution in [0.5, 0.6) is 0 Å². The Morgan fingerprint density at radius 1 is 0.860 bits per heavy atom. The highest BCUT2D eigenvalue weighted by Crippen LogP contribution is 2.29. The maximum atomic E-state index is 14.4. The number of sulfonamides is 1. The van der Waals surface area contributed by atoms with Crippen molar-refractivity contribution in [3.05, 3.63) is 129 Å². The van der Waals surface area contributed by atoms with Gasteiger partial charge in [-0.15, -0.1) is 0 Å². The molecule has 0 fully saturated rings. The molecule has 0 saturated heterocycles. The van der Waals surface area contributed by atoms with Gasteiger partial charge in [-0.2, -0.15) is 0 Å². The summed E-state index contributed by atoms with van der Waals surface area (Å²) in [5.41, 5.74) is 3.28. The average molecular weight is 639 g/mol. The molecule has 0 aliphatic rings. The number of carbonyl (C=O) groups is 2. The van der Waals surface area contributed by atoms with E-state index in [9.17, 15) is 18.0 Å². The number of rotatable bonds is 11. The third-order valence-corrected chi connectivity index (χ3v) is 9.48. The normalized spacial score (nSPS) is 11.9. The lowest BCUT2D eigenvalue weighted by molar-refractivity contribution is -0.139. The first-order valence-corrected chi connectivity index (χ1v) is 15.8. The Balaban J connectivity index is 1.83. The number of hydrogen-bond donors (Lipinski definition) is 1. The molecule has 43 heavy (non-hydrogen) atoms. The molecule has 0 aliphatic heterocycles. The van der Waals surface area contributed by atoms with E-state index in [-0.39, 0.29) is 17.9 Å². The zero-order valence-electron chi connectivity index (χ0n) is 24.1. The molecular weight excluding hydrogens is 605 g/mol. The molecule has 1 N–H and O–H groups in total. The second-order valence-corrected chi connectivity index (χ2v) is 12.9. The number of amides is 2. The standard InChI is InChI=1S/C33H33Cl2N3O4S/c1-23-14-15-24(2)30(18-23)38(43(41,42)28-12-8-5-9-13-28)22-32(39)37(21-26-16-17-27(34)20-29(26)35)31(33(40)36-3)19-25-10-6-4-7-11-25/h4-18,20,31H,19,21-22H2,1-3H3,(H,36,40)/t31-/m0/s1. The quantitative estimate of drug-likeness (QED) is 0.212. The Hall–Kier alpha value is -3.85. The number of likely N-dealkylation sites (N-methyl/N-ethyl adjacent to an activating group) is 1. The van der Waals surface area contributed by atoms with Crippen molar-refractivity contribution < 1.29 is 18.0 Å². The van der Waals surface area contributed by atoms with Gasteiger partial charge in [0.2, 0.25) is 11.8 Å². The van der Waals surface area contributed by atoms with E-state index < -0.39 is 34.4 Å². The summed E-state index contributed by atoms with van der Waals surface area (Å²) < 4.78 is 29.3. The minimum atomic E-state index is -4.18. The summed E-state index contributed by atoms with van der Waals surface area (Å²) in [5.74, 6) is -0.970. The molecule has 0 heterocycles. The van der Waals surface area contributed by atoms with Gasteiger partial charge in [0.1, 0.15) is 12.6 Å². The number of nitrogens with one attached hydrogen (secondary N) is 1. The molecule has 224 valence electrons. The molecule has 0 saturated carbocycles. The maximum absolute atomic E-state index is 14.4. The molecule has 0 radical (unpaired) electrons. The van der Waals surface area contributed by atoms with Gasteiger partial charge in [0.25, 0.3) is 10.0 Å². The summed E-state index contributed by atoms with van der Waals surface area (Å²) in [7, 11) is -2.68. The molecule has 4 aromatic carbocycles. The van der Waals surface area contributed by atoms with Crippen LogP contribution in [0.1, 0.15) is 22.3 Å². The van der Waals surface area contributed by atoms with E-state index in [1.807, 2.05) is 49.4 Å². The van der Waals surface area contributed by atoms with Crippen LogP contribution in [0.4, 0.5) is 5.69 Å². The van der Waals surface area contributed by atoms with Gasteiger partial charge in [-0.05, 0) is 66.4 Å². The number of carbonyl (C=O) groups excluding carboxylic acids is 2. The van der Waals surface area contributed by atoms with Gasteiger partial charge >= 0.3 is 0 Å². The van der Waals surface area contributed by atoms with E-state index in [0.29, 0.717) is 26.9 Å². The van der Waals surface area contributed by atoms with Crippen LogP contribution in [-0.4, -0.2) is 44.8 Å². The third kappa shape index (κ3) is 7.76. The maximum Gasteiger partial charge on any atom is 0.264 e. The van der Waals surface area contributed by atoms with Crippen LogP contribution < -0.4 is 9.62 Å². The van der Waals surface area contributed by atoms with Gasteiger partial charge in [0, 0.05) is 30.1 Å². The minimum absolute atomic E-state index is 0.0446.